The highest BCUT2D eigenvalue weighted by molar-refractivity contribution is 5.85. The molecule has 0 aliphatic carbocycles. The van der Waals surface area contributed by atoms with E-state index in [9.17, 15) is 0 Å². The predicted octanol–water partition coefficient (Wildman–Crippen LogP) is 4.11. The predicted molar refractivity (Wildman–Crippen MR) is 94.4 cm³/mol. The molecule has 2 aromatic rings. The van der Waals surface area contributed by atoms with Crippen molar-refractivity contribution in [2.24, 2.45) is 9.98 Å². The van der Waals surface area contributed by atoms with Gasteiger partial charge in [-0.3, -0.25) is 0 Å². The molecule has 0 N–H and O–H groups in total. The average molecular weight is 320 g/mol. The molecule has 0 fully saturated rings. The molecule has 0 bridgehead atoms. The lowest BCUT2D eigenvalue weighted by molar-refractivity contribution is 0.303. The molecule has 4 rings (SSSR count). The highest BCUT2D eigenvalue weighted by atomic mass is 16.5. The van der Waals surface area contributed by atoms with E-state index in [4.69, 9.17) is 9.47 Å². The molecule has 2 aliphatic rings. The lowest BCUT2D eigenvalue weighted by Gasteiger charge is -2.03. The zero-order chi connectivity index (χ0) is 16.2. The summed E-state index contributed by atoms with van der Waals surface area (Å²) in [5.41, 5.74) is 2.40. The minimum atomic E-state index is 0.115. The fourth-order valence-electron chi connectivity index (χ4n) is 3.03. The second-order valence-electron chi connectivity index (χ2n) is 6.02. The summed E-state index contributed by atoms with van der Waals surface area (Å²) < 4.78 is 11.5. The van der Waals surface area contributed by atoms with Crippen molar-refractivity contribution < 1.29 is 9.47 Å². The summed E-state index contributed by atoms with van der Waals surface area (Å²) in [5, 5.41) is 0. The van der Waals surface area contributed by atoms with Gasteiger partial charge in [0.1, 0.15) is 25.3 Å². The molecular formula is C20H20N2O2. The van der Waals surface area contributed by atoms with Gasteiger partial charge in [-0.05, 0) is 11.1 Å². The Morgan fingerprint density at radius 1 is 0.667 bits per heavy atom. The van der Waals surface area contributed by atoms with Gasteiger partial charge in [-0.2, -0.15) is 0 Å². The minimum Gasteiger partial charge on any atom is -0.478 e. The SMILES string of the molecule is c1ccc([C@@H]2COC(CCC3=N[C@H](c4ccccc4)CO3)=N2)cc1. The van der Waals surface area contributed by atoms with Gasteiger partial charge >= 0.3 is 0 Å². The quantitative estimate of drug-likeness (QED) is 0.832. The number of rotatable bonds is 5. The van der Waals surface area contributed by atoms with Crippen LogP contribution in [0.5, 0.6) is 0 Å². The molecule has 0 radical (unpaired) electrons. The summed E-state index contributed by atoms with van der Waals surface area (Å²) in [6.45, 7) is 1.25. The van der Waals surface area contributed by atoms with Gasteiger partial charge in [0.15, 0.2) is 11.8 Å². The molecule has 2 aliphatic heterocycles. The first-order chi connectivity index (χ1) is 11.9. The van der Waals surface area contributed by atoms with E-state index in [2.05, 4.69) is 34.3 Å². The van der Waals surface area contributed by atoms with Crippen molar-refractivity contribution >= 4 is 11.8 Å². The van der Waals surface area contributed by atoms with E-state index in [1.807, 2.05) is 36.4 Å². The third-order valence-electron chi connectivity index (χ3n) is 4.34. The van der Waals surface area contributed by atoms with Crippen molar-refractivity contribution in [3.8, 4) is 0 Å². The Bertz CT molecular complexity index is 675. The zero-order valence-electron chi connectivity index (χ0n) is 13.5. The highest BCUT2D eigenvalue weighted by Crippen LogP contribution is 2.26. The summed E-state index contributed by atoms with van der Waals surface area (Å²) in [5.74, 6) is 1.61. The zero-order valence-corrected chi connectivity index (χ0v) is 13.5. The van der Waals surface area contributed by atoms with E-state index in [0.717, 1.165) is 24.6 Å². The first-order valence-electron chi connectivity index (χ1n) is 8.37. The van der Waals surface area contributed by atoms with Crippen LogP contribution in [0.15, 0.2) is 70.6 Å². The minimum absolute atomic E-state index is 0.115. The lowest BCUT2D eigenvalue weighted by atomic mass is 10.1. The largest absolute Gasteiger partial charge is 0.478 e. The first-order valence-corrected chi connectivity index (χ1v) is 8.37. The van der Waals surface area contributed by atoms with Gasteiger partial charge in [0.05, 0.1) is 0 Å². The van der Waals surface area contributed by atoms with Gasteiger partial charge in [-0.15, -0.1) is 0 Å². The summed E-state index contributed by atoms with van der Waals surface area (Å²) in [7, 11) is 0. The van der Waals surface area contributed by atoms with Crippen LogP contribution in [0.4, 0.5) is 0 Å². The monoisotopic (exact) mass is 320 g/mol. The number of hydrogen-bond acceptors (Lipinski definition) is 4. The summed E-state index contributed by atoms with van der Waals surface area (Å²) in [6.07, 6.45) is 1.48. The van der Waals surface area contributed by atoms with Crippen LogP contribution in [0.1, 0.15) is 36.1 Å². The third-order valence-corrected chi connectivity index (χ3v) is 4.34. The van der Waals surface area contributed by atoms with Crippen LogP contribution in [0, 0.1) is 0 Å². The number of benzene rings is 2. The van der Waals surface area contributed by atoms with Crippen LogP contribution >= 0.6 is 0 Å². The molecule has 2 heterocycles. The van der Waals surface area contributed by atoms with E-state index in [1.54, 1.807) is 0 Å². The van der Waals surface area contributed by atoms with Gasteiger partial charge < -0.3 is 9.47 Å². The fraction of sp³-hybridized carbons (Fsp3) is 0.300. The molecule has 4 heteroatoms. The number of aliphatic imine (C=N–C) groups is 2. The molecule has 0 saturated carbocycles. The molecule has 4 nitrogen and oxygen atoms in total. The molecule has 2 atom stereocenters. The topological polar surface area (TPSA) is 43.2 Å². The van der Waals surface area contributed by atoms with E-state index < -0.39 is 0 Å². The fourth-order valence-corrected chi connectivity index (χ4v) is 3.03. The van der Waals surface area contributed by atoms with E-state index in [-0.39, 0.29) is 12.1 Å². The van der Waals surface area contributed by atoms with Crippen molar-refractivity contribution in [1.82, 2.24) is 0 Å². The Kier molecular flexibility index (Phi) is 4.28. The lowest BCUT2D eigenvalue weighted by Crippen LogP contribution is -2.05. The first kappa shape index (κ1) is 14.9. The maximum atomic E-state index is 5.73. The average Bonchev–Trinajstić information content (AvgIpc) is 3.31. The summed E-state index contributed by atoms with van der Waals surface area (Å²) in [4.78, 5) is 9.36. The molecule has 0 saturated heterocycles. The van der Waals surface area contributed by atoms with Gasteiger partial charge in [0.25, 0.3) is 0 Å². The Balaban J connectivity index is 1.34. The van der Waals surface area contributed by atoms with E-state index in [1.165, 1.54) is 11.1 Å². The molecule has 2 aromatic carbocycles. The smallest absolute Gasteiger partial charge is 0.184 e. The second-order valence-corrected chi connectivity index (χ2v) is 6.02. The van der Waals surface area contributed by atoms with Gasteiger partial charge in [0.2, 0.25) is 0 Å². The third kappa shape index (κ3) is 3.32. The standard InChI is InChI=1S/C20H20N2O2/c1-3-7-15(8-4-1)17-13-23-19(21-17)11-12-20-22-18(14-24-20)16-9-5-2-6-10-16/h1-10,17-18H,11-14H2/t17-,18-/m0/s1. The molecule has 122 valence electrons. The van der Waals surface area contributed by atoms with E-state index in [0.29, 0.717) is 13.2 Å². The van der Waals surface area contributed by atoms with Gasteiger partial charge in [0, 0.05) is 12.8 Å². The van der Waals surface area contributed by atoms with Crippen molar-refractivity contribution in [3.05, 3.63) is 71.8 Å². The molecule has 0 aromatic heterocycles. The Hall–Kier alpha value is -2.62. The molecule has 24 heavy (non-hydrogen) atoms. The summed E-state index contributed by atoms with van der Waals surface area (Å²) >= 11 is 0. The Labute approximate surface area is 141 Å². The van der Waals surface area contributed by atoms with Crippen molar-refractivity contribution in [2.45, 2.75) is 24.9 Å². The van der Waals surface area contributed by atoms with Crippen molar-refractivity contribution in [1.29, 1.82) is 0 Å². The van der Waals surface area contributed by atoms with Crippen LogP contribution in [-0.4, -0.2) is 25.0 Å². The van der Waals surface area contributed by atoms with Crippen molar-refractivity contribution in [2.75, 3.05) is 13.2 Å². The van der Waals surface area contributed by atoms with Crippen molar-refractivity contribution in [3.63, 3.8) is 0 Å². The van der Waals surface area contributed by atoms with Gasteiger partial charge in [-0.25, -0.2) is 9.98 Å². The van der Waals surface area contributed by atoms with Crippen LogP contribution in [-0.2, 0) is 9.47 Å². The number of hydrogen-bond donors (Lipinski definition) is 0. The van der Waals surface area contributed by atoms with Crippen LogP contribution in [0.25, 0.3) is 0 Å². The maximum absolute atomic E-state index is 5.73. The second kappa shape index (κ2) is 6.87. The number of ether oxygens (including phenoxy) is 2. The molecular weight excluding hydrogens is 300 g/mol. The van der Waals surface area contributed by atoms with Gasteiger partial charge in [-0.1, -0.05) is 60.7 Å². The number of nitrogens with zero attached hydrogens (tertiary/aromatic N) is 2. The van der Waals surface area contributed by atoms with Crippen LogP contribution in [0.2, 0.25) is 0 Å². The van der Waals surface area contributed by atoms with Crippen LogP contribution < -0.4 is 0 Å². The normalized spacial score (nSPS) is 22.5. The molecule has 0 amide bonds. The Morgan fingerprint density at radius 2 is 1.08 bits per heavy atom. The highest BCUT2D eigenvalue weighted by Gasteiger charge is 2.23. The Morgan fingerprint density at radius 3 is 1.50 bits per heavy atom. The molecule has 0 unspecified atom stereocenters. The van der Waals surface area contributed by atoms with E-state index >= 15 is 0 Å². The maximum Gasteiger partial charge on any atom is 0.184 e. The summed E-state index contributed by atoms with van der Waals surface area (Å²) in [6, 6.07) is 20.8. The van der Waals surface area contributed by atoms with Crippen LogP contribution in [0.3, 0.4) is 0 Å². The molecule has 0 spiro atoms.